The number of amides is 1. The van der Waals surface area contributed by atoms with Gasteiger partial charge in [0.05, 0.1) is 10.2 Å². The highest BCUT2D eigenvalue weighted by Crippen LogP contribution is 2.42. The molecule has 0 aromatic carbocycles. The number of rotatable bonds is 4. The van der Waals surface area contributed by atoms with Crippen molar-refractivity contribution in [3.05, 3.63) is 15.9 Å². The van der Waals surface area contributed by atoms with Gasteiger partial charge in [-0.3, -0.25) is 14.7 Å². The molecule has 1 fully saturated rings. The summed E-state index contributed by atoms with van der Waals surface area (Å²) in [6.45, 7) is -0.336. The van der Waals surface area contributed by atoms with Crippen LogP contribution in [0.2, 0.25) is 0 Å². The SMILES string of the molecule is CN(CC(=O)O)C(=O)c1n[nH]c(C2CC2)c1Br. The molecular formula is C10H12BrN3O3. The van der Waals surface area contributed by atoms with Crippen LogP contribution in [0.25, 0.3) is 0 Å². The van der Waals surface area contributed by atoms with Crippen LogP contribution in [-0.2, 0) is 4.79 Å². The van der Waals surface area contributed by atoms with E-state index in [1.807, 2.05) is 0 Å². The number of carboxylic acid groups (broad SMARTS) is 1. The van der Waals surface area contributed by atoms with E-state index in [-0.39, 0.29) is 12.2 Å². The molecule has 0 bridgehead atoms. The predicted molar refractivity (Wildman–Crippen MR) is 62.9 cm³/mol. The predicted octanol–water partition coefficient (Wildman–Crippen LogP) is 1.21. The second kappa shape index (κ2) is 4.48. The zero-order chi connectivity index (χ0) is 12.6. The fourth-order valence-corrected chi connectivity index (χ4v) is 2.25. The number of carbonyl (C=O) groups excluding carboxylic acids is 1. The summed E-state index contributed by atoms with van der Waals surface area (Å²) in [7, 11) is 1.44. The molecule has 0 unspecified atom stereocenters. The van der Waals surface area contributed by atoms with Crippen molar-refractivity contribution < 1.29 is 14.7 Å². The Kier molecular flexibility index (Phi) is 3.19. The third-order valence-electron chi connectivity index (χ3n) is 2.64. The Hall–Kier alpha value is -1.37. The third-order valence-corrected chi connectivity index (χ3v) is 3.44. The fraction of sp³-hybridized carbons (Fsp3) is 0.500. The van der Waals surface area contributed by atoms with Gasteiger partial charge in [-0.25, -0.2) is 0 Å². The van der Waals surface area contributed by atoms with E-state index in [9.17, 15) is 9.59 Å². The van der Waals surface area contributed by atoms with Crippen molar-refractivity contribution in [2.45, 2.75) is 18.8 Å². The quantitative estimate of drug-likeness (QED) is 0.875. The number of likely N-dealkylation sites (N-methyl/N-ethyl adjacent to an activating group) is 1. The third kappa shape index (κ3) is 2.49. The van der Waals surface area contributed by atoms with E-state index in [1.54, 1.807) is 0 Å². The van der Waals surface area contributed by atoms with Gasteiger partial charge in [0.1, 0.15) is 6.54 Å². The normalized spacial score (nSPS) is 14.7. The number of hydrogen-bond acceptors (Lipinski definition) is 3. The summed E-state index contributed by atoms with van der Waals surface area (Å²) in [6, 6.07) is 0. The molecule has 1 aliphatic rings. The Balaban J connectivity index is 2.16. The molecule has 92 valence electrons. The molecule has 0 radical (unpaired) electrons. The van der Waals surface area contributed by atoms with Crippen molar-refractivity contribution in [3.8, 4) is 0 Å². The standard InChI is InChI=1S/C10H12BrN3O3/c1-14(4-6(15)16)10(17)9-7(11)8(12-13-9)5-2-3-5/h5H,2-4H2,1H3,(H,12,13)(H,15,16). The van der Waals surface area contributed by atoms with Gasteiger partial charge in [0.15, 0.2) is 5.69 Å². The van der Waals surface area contributed by atoms with E-state index >= 15 is 0 Å². The zero-order valence-corrected chi connectivity index (χ0v) is 10.8. The molecule has 1 amide bonds. The Morgan fingerprint density at radius 3 is 2.76 bits per heavy atom. The number of carbonyl (C=O) groups is 2. The average molecular weight is 302 g/mol. The first kappa shape index (κ1) is 12.1. The average Bonchev–Trinajstić information content (AvgIpc) is 3.01. The van der Waals surface area contributed by atoms with Crippen LogP contribution in [0.5, 0.6) is 0 Å². The molecule has 1 aromatic rings. The molecule has 0 atom stereocenters. The van der Waals surface area contributed by atoms with Crippen molar-refractivity contribution in [2.24, 2.45) is 0 Å². The summed E-state index contributed by atoms with van der Waals surface area (Å²) >= 11 is 3.34. The Morgan fingerprint density at radius 1 is 1.59 bits per heavy atom. The number of H-pyrrole nitrogens is 1. The van der Waals surface area contributed by atoms with Crippen molar-refractivity contribution in [2.75, 3.05) is 13.6 Å². The lowest BCUT2D eigenvalue weighted by atomic mass is 10.2. The van der Waals surface area contributed by atoms with E-state index in [4.69, 9.17) is 5.11 Å². The number of aliphatic carboxylic acids is 1. The molecule has 1 saturated carbocycles. The van der Waals surface area contributed by atoms with Gasteiger partial charge in [-0.15, -0.1) is 0 Å². The van der Waals surface area contributed by atoms with E-state index in [1.165, 1.54) is 7.05 Å². The van der Waals surface area contributed by atoms with E-state index in [0.29, 0.717) is 10.4 Å². The lowest BCUT2D eigenvalue weighted by molar-refractivity contribution is -0.137. The van der Waals surface area contributed by atoms with Crippen LogP contribution in [0.15, 0.2) is 4.47 Å². The van der Waals surface area contributed by atoms with Gasteiger partial charge in [-0.1, -0.05) is 0 Å². The van der Waals surface area contributed by atoms with Gasteiger partial charge in [0, 0.05) is 13.0 Å². The minimum Gasteiger partial charge on any atom is -0.480 e. The molecule has 0 saturated heterocycles. The van der Waals surface area contributed by atoms with Crippen molar-refractivity contribution in [3.63, 3.8) is 0 Å². The Bertz CT molecular complexity index is 467. The summed E-state index contributed by atoms with van der Waals surface area (Å²) < 4.78 is 0.655. The number of halogens is 1. The first-order valence-corrected chi connectivity index (χ1v) is 6.01. The first-order chi connectivity index (χ1) is 8.00. The molecule has 0 aliphatic heterocycles. The number of aromatic amines is 1. The minimum absolute atomic E-state index is 0.246. The Labute approximate surface area is 106 Å². The summed E-state index contributed by atoms with van der Waals surface area (Å²) in [5, 5.41) is 15.4. The number of hydrogen-bond donors (Lipinski definition) is 2. The molecule has 7 heteroatoms. The van der Waals surface area contributed by atoms with E-state index < -0.39 is 11.9 Å². The van der Waals surface area contributed by atoms with Gasteiger partial charge in [-0.2, -0.15) is 5.10 Å². The van der Waals surface area contributed by atoms with Gasteiger partial charge < -0.3 is 10.0 Å². The van der Waals surface area contributed by atoms with E-state index in [0.717, 1.165) is 23.4 Å². The highest BCUT2D eigenvalue weighted by Gasteiger charge is 2.31. The number of nitrogens with zero attached hydrogens (tertiary/aromatic N) is 2. The fourth-order valence-electron chi connectivity index (χ4n) is 1.58. The van der Waals surface area contributed by atoms with Gasteiger partial charge in [0.2, 0.25) is 0 Å². The van der Waals surface area contributed by atoms with Crippen LogP contribution in [-0.4, -0.2) is 45.7 Å². The summed E-state index contributed by atoms with van der Waals surface area (Å²) in [6.07, 6.45) is 2.19. The monoisotopic (exact) mass is 301 g/mol. The molecule has 0 spiro atoms. The maximum Gasteiger partial charge on any atom is 0.323 e. The summed E-state index contributed by atoms with van der Waals surface area (Å²) in [4.78, 5) is 23.6. The van der Waals surface area contributed by atoms with Crippen LogP contribution in [0.1, 0.15) is 34.9 Å². The lowest BCUT2D eigenvalue weighted by Gasteiger charge is -2.12. The van der Waals surface area contributed by atoms with Gasteiger partial charge in [0.25, 0.3) is 5.91 Å². The first-order valence-electron chi connectivity index (χ1n) is 5.21. The molecule has 1 aliphatic carbocycles. The lowest BCUT2D eigenvalue weighted by Crippen LogP contribution is -2.32. The van der Waals surface area contributed by atoms with Crippen molar-refractivity contribution in [1.29, 1.82) is 0 Å². The summed E-state index contributed by atoms with van der Waals surface area (Å²) in [5.74, 6) is -0.999. The van der Waals surface area contributed by atoms with Crippen LogP contribution in [0, 0.1) is 0 Å². The van der Waals surface area contributed by atoms with Gasteiger partial charge >= 0.3 is 5.97 Å². The molecule has 1 heterocycles. The zero-order valence-electron chi connectivity index (χ0n) is 9.23. The maximum atomic E-state index is 11.9. The maximum absolute atomic E-state index is 11.9. The number of nitrogens with one attached hydrogen (secondary N) is 1. The highest BCUT2D eigenvalue weighted by molar-refractivity contribution is 9.10. The van der Waals surface area contributed by atoms with Crippen molar-refractivity contribution >= 4 is 27.8 Å². The largest absolute Gasteiger partial charge is 0.480 e. The van der Waals surface area contributed by atoms with Crippen LogP contribution >= 0.6 is 15.9 Å². The van der Waals surface area contributed by atoms with Gasteiger partial charge in [-0.05, 0) is 28.8 Å². The highest BCUT2D eigenvalue weighted by atomic mass is 79.9. The van der Waals surface area contributed by atoms with Crippen LogP contribution < -0.4 is 0 Å². The molecule has 2 rings (SSSR count). The molecule has 2 N–H and O–H groups in total. The number of aromatic nitrogens is 2. The molecule has 6 nitrogen and oxygen atoms in total. The van der Waals surface area contributed by atoms with Crippen molar-refractivity contribution in [1.82, 2.24) is 15.1 Å². The van der Waals surface area contributed by atoms with E-state index in [2.05, 4.69) is 26.1 Å². The summed E-state index contributed by atoms with van der Waals surface area (Å²) in [5.41, 5.74) is 1.17. The number of carboxylic acids is 1. The second-order valence-electron chi connectivity index (χ2n) is 4.13. The molecule has 1 aromatic heterocycles. The molecule has 17 heavy (non-hydrogen) atoms. The Morgan fingerprint density at radius 2 is 2.24 bits per heavy atom. The smallest absolute Gasteiger partial charge is 0.323 e. The molecular weight excluding hydrogens is 290 g/mol. The second-order valence-corrected chi connectivity index (χ2v) is 4.92. The topological polar surface area (TPSA) is 86.3 Å². The van der Waals surface area contributed by atoms with Crippen LogP contribution in [0.3, 0.4) is 0 Å². The minimum atomic E-state index is -1.05. The van der Waals surface area contributed by atoms with Crippen LogP contribution in [0.4, 0.5) is 0 Å².